The van der Waals surface area contributed by atoms with Gasteiger partial charge in [-0.05, 0) is 12.8 Å². The third kappa shape index (κ3) is 14.9. The van der Waals surface area contributed by atoms with Crippen LogP contribution in [0.4, 0.5) is 0 Å². The molecule has 0 N–H and O–H groups in total. The smallest absolute Gasteiger partial charge is 0.293 e. The van der Waals surface area contributed by atoms with E-state index in [4.69, 9.17) is 0 Å². The third-order valence-corrected chi connectivity index (χ3v) is 2.66. The minimum Gasteiger partial charge on any atom is -0.468 e. The van der Waals surface area contributed by atoms with Gasteiger partial charge in [-0.15, -0.1) is 0 Å². The maximum absolute atomic E-state index is 9.86. The van der Waals surface area contributed by atoms with E-state index in [2.05, 4.69) is 9.47 Å². The quantitative estimate of drug-likeness (QED) is 0.348. The topological polar surface area (TPSA) is 52.6 Å². The van der Waals surface area contributed by atoms with Gasteiger partial charge < -0.3 is 9.47 Å². The first-order valence-corrected chi connectivity index (χ1v) is 6.52. The van der Waals surface area contributed by atoms with Crippen molar-refractivity contribution in [2.24, 2.45) is 0 Å². The molecule has 0 aromatic rings. The van der Waals surface area contributed by atoms with Crippen molar-refractivity contribution in [2.75, 3.05) is 13.2 Å². The second-order valence-electron chi connectivity index (χ2n) is 4.12. The number of hydrogen-bond donors (Lipinski definition) is 0. The van der Waals surface area contributed by atoms with E-state index in [9.17, 15) is 9.59 Å². The zero-order valence-corrected chi connectivity index (χ0v) is 10.6. The molecule has 0 amide bonds. The third-order valence-electron chi connectivity index (χ3n) is 2.66. The fraction of sp³-hybridized carbons (Fsp3) is 0.846. The number of carbonyl (C=O) groups excluding carboxylic acids is 2. The predicted octanol–water partition coefficient (Wildman–Crippen LogP) is 2.84. The molecule has 0 heterocycles. The summed E-state index contributed by atoms with van der Waals surface area (Å²) in [6.45, 7) is 2.13. The zero-order valence-electron chi connectivity index (χ0n) is 10.6. The highest BCUT2D eigenvalue weighted by atomic mass is 16.5. The van der Waals surface area contributed by atoms with Crippen molar-refractivity contribution < 1.29 is 19.1 Å². The summed E-state index contributed by atoms with van der Waals surface area (Å²) in [5.74, 6) is 0. The standard InChI is InChI=1S/C13H24O4/c14-12-16-10-8-6-4-2-1-3-5-7-9-11-17-13-15/h12-13H,1-11H2. The van der Waals surface area contributed by atoms with Gasteiger partial charge in [-0.1, -0.05) is 44.9 Å². The van der Waals surface area contributed by atoms with Crippen molar-refractivity contribution in [2.45, 2.75) is 57.8 Å². The van der Waals surface area contributed by atoms with Crippen molar-refractivity contribution in [1.82, 2.24) is 0 Å². The fourth-order valence-electron chi connectivity index (χ4n) is 1.70. The summed E-state index contributed by atoms with van der Waals surface area (Å²) in [5.41, 5.74) is 0. The van der Waals surface area contributed by atoms with Crippen LogP contribution < -0.4 is 0 Å². The normalized spacial score (nSPS) is 9.88. The van der Waals surface area contributed by atoms with E-state index in [0.717, 1.165) is 25.7 Å². The SMILES string of the molecule is O=COCCCCCCCCCCCOC=O. The Hall–Kier alpha value is -1.06. The van der Waals surface area contributed by atoms with Crippen molar-refractivity contribution in [3.63, 3.8) is 0 Å². The molecule has 17 heavy (non-hydrogen) atoms. The van der Waals surface area contributed by atoms with E-state index in [0.29, 0.717) is 26.2 Å². The molecule has 0 aliphatic rings. The van der Waals surface area contributed by atoms with Crippen LogP contribution in [0.15, 0.2) is 0 Å². The molecule has 0 radical (unpaired) electrons. The van der Waals surface area contributed by atoms with Crippen molar-refractivity contribution in [3.05, 3.63) is 0 Å². The number of rotatable bonds is 14. The van der Waals surface area contributed by atoms with E-state index in [1.54, 1.807) is 0 Å². The van der Waals surface area contributed by atoms with Gasteiger partial charge in [-0.2, -0.15) is 0 Å². The zero-order chi connectivity index (χ0) is 12.6. The van der Waals surface area contributed by atoms with Crippen molar-refractivity contribution in [3.8, 4) is 0 Å². The molecule has 0 bridgehead atoms. The summed E-state index contributed by atoms with van der Waals surface area (Å²) in [4.78, 5) is 19.7. The highest BCUT2D eigenvalue weighted by Crippen LogP contribution is 2.09. The summed E-state index contributed by atoms with van der Waals surface area (Å²) in [6.07, 6.45) is 10.4. The van der Waals surface area contributed by atoms with Gasteiger partial charge >= 0.3 is 0 Å². The second-order valence-corrected chi connectivity index (χ2v) is 4.12. The number of ether oxygens (including phenoxy) is 2. The van der Waals surface area contributed by atoms with Crippen LogP contribution in [0.2, 0.25) is 0 Å². The Morgan fingerprint density at radius 1 is 0.529 bits per heavy atom. The van der Waals surface area contributed by atoms with Crippen LogP contribution >= 0.6 is 0 Å². The monoisotopic (exact) mass is 244 g/mol. The summed E-state index contributed by atoms with van der Waals surface area (Å²) in [7, 11) is 0. The highest BCUT2D eigenvalue weighted by molar-refractivity contribution is 5.36. The minimum absolute atomic E-state index is 0.508. The van der Waals surface area contributed by atoms with Gasteiger partial charge in [0.2, 0.25) is 0 Å². The lowest BCUT2D eigenvalue weighted by atomic mass is 10.1. The van der Waals surface area contributed by atoms with E-state index in [1.807, 2.05) is 0 Å². The fourth-order valence-corrected chi connectivity index (χ4v) is 1.70. The first-order chi connectivity index (χ1) is 8.41. The largest absolute Gasteiger partial charge is 0.468 e. The highest BCUT2D eigenvalue weighted by Gasteiger charge is 1.93. The molecule has 0 spiro atoms. The summed E-state index contributed by atoms with van der Waals surface area (Å²) >= 11 is 0. The Morgan fingerprint density at radius 3 is 1.12 bits per heavy atom. The van der Waals surface area contributed by atoms with E-state index < -0.39 is 0 Å². The van der Waals surface area contributed by atoms with Gasteiger partial charge in [0.05, 0.1) is 13.2 Å². The van der Waals surface area contributed by atoms with Gasteiger partial charge in [-0.3, -0.25) is 9.59 Å². The van der Waals surface area contributed by atoms with Crippen LogP contribution in [0.3, 0.4) is 0 Å². The molecule has 0 saturated heterocycles. The lowest BCUT2D eigenvalue weighted by Gasteiger charge is -2.02. The maximum Gasteiger partial charge on any atom is 0.293 e. The Bertz CT molecular complexity index is 153. The number of carbonyl (C=O) groups is 2. The average Bonchev–Trinajstić information content (AvgIpc) is 2.35. The summed E-state index contributed by atoms with van der Waals surface area (Å²) in [5, 5.41) is 0. The average molecular weight is 244 g/mol. The van der Waals surface area contributed by atoms with Gasteiger partial charge in [0.15, 0.2) is 0 Å². The van der Waals surface area contributed by atoms with Crippen LogP contribution in [0, 0.1) is 0 Å². The Kier molecular flexibility index (Phi) is 14.0. The first kappa shape index (κ1) is 15.9. The molecule has 0 aliphatic carbocycles. The molecule has 0 aliphatic heterocycles. The molecule has 4 heteroatoms. The molecule has 100 valence electrons. The van der Waals surface area contributed by atoms with Gasteiger partial charge in [-0.25, -0.2) is 0 Å². The predicted molar refractivity (Wildman–Crippen MR) is 65.6 cm³/mol. The molecule has 0 rings (SSSR count). The van der Waals surface area contributed by atoms with Gasteiger partial charge in [0.1, 0.15) is 0 Å². The van der Waals surface area contributed by atoms with Gasteiger partial charge in [0, 0.05) is 0 Å². The maximum atomic E-state index is 9.86. The minimum atomic E-state index is 0.508. The number of unbranched alkanes of at least 4 members (excludes halogenated alkanes) is 8. The van der Waals surface area contributed by atoms with E-state index in [-0.39, 0.29) is 0 Å². The van der Waals surface area contributed by atoms with Crippen molar-refractivity contribution >= 4 is 12.9 Å². The molecule has 4 nitrogen and oxygen atoms in total. The number of hydrogen-bond acceptors (Lipinski definition) is 4. The molecule has 0 unspecified atom stereocenters. The van der Waals surface area contributed by atoms with E-state index in [1.165, 1.54) is 32.1 Å². The molecule has 0 aromatic carbocycles. The molecule has 0 atom stereocenters. The molecule has 0 saturated carbocycles. The summed E-state index contributed by atoms with van der Waals surface area (Å²) in [6, 6.07) is 0. The molecule has 0 fully saturated rings. The Labute approximate surface area is 104 Å². The second kappa shape index (κ2) is 14.9. The van der Waals surface area contributed by atoms with Crippen LogP contribution in [0.1, 0.15) is 57.8 Å². The van der Waals surface area contributed by atoms with Crippen LogP contribution in [0.5, 0.6) is 0 Å². The molecule has 0 aromatic heterocycles. The Morgan fingerprint density at radius 2 is 0.824 bits per heavy atom. The lowest BCUT2D eigenvalue weighted by Crippen LogP contribution is -1.92. The van der Waals surface area contributed by atoms with E-state index >= 15 is 0 Å². The van der Waals surface area contributed by atoms with Crippen LogP contribution in [-0.4, -0.2) is 26.2 Å². The van der Waals surface area contributed by atoms with Gasteiger partial charge in [0.25, 0.3) is 12.9 Å². The molecular weight excluding hydrogens is 220 g/mol. The Balaban J connectivity index is 2.89. The van der Waals surface area contributed by atoms with Crippen LogP contribution in [0.25, 0.3) is 0 Å². The summed E-state index contributed by atoms with van der Waals surface area (Å²) < 4.78 is 9.22. The molecular formula is C13H24O4. The van der Waals surface area contributed by atoms with Crippen LogP contribution in [-0.2, 0) is 19.1 Å². The van der Waals surface area contributed by atoms with Crippen molar-refractivity contribution in [1.29, 1.82) is 0 Å². The first-order valence-electron chi connectivity index (χ1n) is 6.52. The lowest BCUT2D eigenvalue weighted by molar-refractivity contribution is -0.129.